The maximum absolute atomic E-state index is 12.7. The van der Waals surface area contributed by atoms with Gasteiger partial charge in [0, 0.05) is 12.1 Å². The average molecular weight is 318 g/mol. The number of carbonyl (C=O) groups excluding carboxylic acids is 1. The van der Waals surface area contributed by atoms with Crippen molar-refractivity contribution in [2.75, 3.05) is 6.54 Å². The minimum atomic E-state index is -4.45. The first kappa shape index (κ1) is 15.7. The predicted octanol–water partition coefficient (Wildman–Crippen LogP) is 2.35. The molecule has 1 amide bonds. The number of likely N-dealkylation sites (tertiary alicyclic amines) is 1. The molecule has 0 bridgehead atoms. The maximum atomic E-state index is 12.7. The SMILES string of the molecule is O=C(NO)[C@H]1CCCN1C(=S)c1cccc(C(F)(F)F)c1. The Bertz CT molecular complexity index is 563. The molecule has 1 aliphatic rings. The third-order valence-corrected chi connectivity index (χ3v) is 3.83. The van der Waals surface area contributed by atoms with Crippen molar-refractivity contribution in [2.24, 2.45) is 0 Å². The van der Waals surface area contributed by atoms with E-state index in [1.54, 1.807) is 5.48 Å². The molecule has 1 heterocycles. The third kappa shape index (κ3) is 3.33. The molecule has 114 valence electrons. The van der Waals surface area contributed by atoms with Crippen molar-refractivity contribution in [2.45, 2.75) is 25.1 Å². The lowest BCUT2D eigenvalue weighted by atomic mass is 10.1. The molecule has 2 rings (SSSR count). The lowest BCUT2D eigenvalue weighted by Crippen LogP contribution is -2.44. The van der Waals surface area contributed by atoms with Gasteiger partial charge < -0.3 is 4.90 Å². The molecule has 0 aliphatic carbocycles. The highest BCUT2D eigenvalue weighted by Crippen LogP contribution is 2.30. The molecule has 0 aromatic heterocycles. The van der Waals surface area contributed by atoms with E-state index in [-0.39, 0.29) is 10.6 Å². The number of benzene rings is 1. The second kappa shape index (κ2) is 5.98. The van der Waals surface area contributed by atoms with Crippen molar-refractivity contribution in [3.05, 3.63) is 35.4 Å². The van der Waals surface area contributed by atoms with Gasteiger partial charge in [-0.2, -0.15) is 13.2 Å². The molecule has 21 heavy (non-hydrogen) atoms. The van der Waals surface area contributed by atoms with E-state index in [0.29, 0.717) is 19.4 Å². The number of alkyl halides is 3. The van der Waals surface area contributed by atoms with Gasteiger partial charge in [-0.25, -0.2) is 5.48 Å². The summed E-state index contributed by atoms with van der Waals surface area (Å²) in [7, 11) is 0. The van der Waals surface area contributed by atoms with Gasteiger partial charge in [-0.1, -0.05) is 24.4 Å². The first-order chi connectivity index (χ1) is 9.84. The van der Waals surface area contributed by atoms with Gasteiger partial charge in [0.2, 0.25) is 0 Å². The molecule has 8 heteroatoms. The first-order valence-corrected chi connectivity index (χ1v) is 6.67. The molecule has 1 fully saturated rings. The van der Waals surface area contributed by atoms with Crippen LogP contribution in [0.1, 0.15) is 24.0 Å². The van der Waals surface area contributed by atoms with E-state index in [4.69, 9.17) is 17.4 Å². The Hall–Kier alpha value is -1.67. The number of hydroxylamine groups is 1. The van der Waals surface area contributed by atoms with Crippen LogP contribution in [0.3, 0.4) is 0 Å². The molecule has 1 saturated heterocycles. The Morgan fingerprint density at radius 1 is 1.43 bits per heavy atom. The quantitative estimate of drug-likeness (QED) is 0.499. The summed E-state index contributed by atoms with van der Waals surface area (Å²) in [6.45, 7) is 0.465. The van der Waals surface area contributed by atoms with Crippen LogP contribution in [-0.2, 0) is 11.0 Å². The number of rotatable bonds is 2. The third-order valence-electron chi connectivity index (χ3n) is 3.36. The molecule has 1 atom stereocenters. The van der Waals surface area contributed by atoms with Crippen LogP contribution in [0.15, 0.2) is 24.3 Å². The van der Waals surface area contributed by atoms with E-state index in [0.717, 1.165) is 12.1 Å². The van der Waals surface area contributed by atoms with E-state index < -0.39 is 23.7 Å². The van der Waals surface area contributed by atoms with Gasteiger partial charge in [-0.05, 0) is 25.0 Å². The largest absolute Gasteiger partial charge is 0.416 e. The summed E-state index contributed by atoms with van der Waals surface area (Å²) in [6, 6.07) is 4.03. The Morgan fingerprint density at radius 2 is 2.14 bits per heavy atom. The van der Waals surface area contributed by atoms with Gasteiger partial charge in [0.1, 0.15) is 11.0 Å². The molecule has 0 unspecified atom stereocenters. The smallest absolute Gasteiger partial charge is 0.350 e. The summed E-state index contributed by atoms with van der Waals surface area (Å²) in [6.07, 6.45) is -3.28. The van der Waals surface area contributed by atoms with Crippen molar-refractivity contribution >= 4 is 23.1 Å². The van der Waals surface area contributed by atoms with Crippen molar-refractivity contribution in [1.82, 2.24) is 10.4 Å². The van der Waals surface area contributed by atoms with Crippen molar-refractivity contribution < 1.29 is 23.2 Å². The maximum Gasteiger partial charge on any atom is 0.416 e. The zero-order chi connectivity index (χ0) is 15.6. The summed E-state index contributed by atoms with van der Waals surface area (Å²) in [5.41, 5.74) is 1.01. The van der Waals surface area contributed by atoms with Crippen LogP contribution in [0.5, 0.6) is 0 Å². The standard InChI is InChI=1S/C13H13F3N2O2S/c14-13(15,16)9-4-1-3-8(7-9)12(21)18-6-2-5-10(18)11(19)17-20/h1,3-4,7,10,20H,2,5-6H2,(H,17,19)/t10-/m1/s1. The number of nitrogens with zero attached hydrogens (tertiary/aromatic N) is 1. The summed E-state index contributed by atoms with van der Waals surface area (Å²) in [5, 5.41) is 8.70. The number of thiocarbonyl (C=S) groups is 1. The van der Waals surface area contributed by atoms with Crippen LogP contribution in [0.25, 0.3) is 0 Å². The number of halogens is 3. The molecule has 1 aliphatic heterocycles. The average Bonchev–Trinajstić information content (AvgIpc) is 2.94. The fourth-order valence-corrected chi connectivity index (χ4v) is 2.70. The zero-order valence-corrected chi connectivity index (χ0v) is 11.7. The van der Waals surface area contributed by atoms with E-state index in [2.05, 4.69) is 0 Å². The van der Waals surface area contributed by atoms with Crippen molar-refractivity contribution in [1.29, 1.82) is 0 Å². The minimum Gasteiger partial charge on any atom is -0.350 e. The van der Waals surface area contributed by atoms with E-state index >= 15 is 0 Å². The molecule has 0 radical (unpaired) electrons. The summed E-state index contributed by atoms with van der Waals surface area (Å²) < 4.78 is 38.1. The van der Waals surface area contributed by atoms with Crippen molar-refractivity contribution in [3.63, 3.8) is 0 Å². The number of carbonyl (C=O) groups is 1. The lowest BCUT2D eigenvalue weighted by molar-refractivity contribution is -0.137. The summed E-state index contributed by atoms with van der Waals surface area (Å²) in [5.74, 6) is -0.609. The Labute approximate surface area is 124 Å². The van der Waals surface area contributed by atoms with E-state index in [1.807, 2.05) is 0 Å². The first-order valence-electron chi connectivity index (χ1n) is 6.27. The topological polar surface area (TPSA) is 52.6 Å². The van der Waals surface area contributed by atoms with Crippen LogP contribution < -0.4 is 5.48 Å². The molecule has 1 aromatic rings. The molecule has 0 spiro atoms. The monoisotopic (exact) mass is 318 g/mol. The summed E-state index contributed by atoms with van der Waals surface area (Å²) >= 11 is 5.20. The van der Waals surface area contributed by atoms with Gasteiger partial charge in [-0.15, -0.1) is 0 Å². The van der Waals surface area contributed by atoms with Crippen LogP contribution in [0.2, 0.25) is 0 Å². The Balaban J connectivity index is 2.26. The Morgan fingerprint density at radius 3 is 2.76 bits per heavy atom. The van der Waals surface area contributed by atoms with Gasteiger partial charge in [0.15, 0.2) is 0 Å². The highest BCUT2D eigenvalue weighted by atomic mass is 32.1. The second-order valence-corrected chi connectivity index (χ2v) is 5.10. The van der Waals surface area contributed by atoms with Crippen LogP contribution in [0.4, 0.5) is 13.2 Å². The molecule has 1 aromatic carbocycles. The van der Waals surface area contributed by atoms with Crippen LogP contribution in [-0.4, -0.2) is 33.6 Å². The lowest BCUT2D eigenvalue weighted by Gasteiger charge is -2.26. The molecular formula is C13H13F3N2O2S. The highest BCUT2D eigenvalue weighted by Gasteiger charge is 2.34. The van der Waals surface area contributed by atoms with Gasteiger partial charge in [-0.3, -0.25) is 10.0 Å². The van der Waals surface area contributed by atoms with Crippen LogP contribution >= 0.6 is 12.2 Å². The molecule has 0 saturated carbocycles. The van der Waals surface area contributed by atoms with Gasteiger partial charge in [0.25, 0.3) is 5.91 Å². The number of hydrogen-bond donors (Lipinski definition) is 2. The van der Waals surface area contributed by atoms with Gasteiger partial charge >= 0.3 is 6.18 Å². The summed E-state index contributed by atoms with van der Waals surface area (Å²) in [4.78, 5) is 13.3. The fraction of sp³-hybridized carbons (Fsp3) is 0.385. The molecular weight excluding hydrogens is 305 g/mol. The number of nitrogens with one attached hydrogen (secondary N) is 1. The molecule has 2 N–H and O–H groups in total. The number of amides is 1. The number of hydrogen-bond acceptors (Lipinski definition) is 3. The Kier molecular flexibility index (Phi) is 4.48. The van der Waals surface area contributed by atoms with E-state index in [9.17, 15) is 18.0 Å². The predicted molar refractivity (Wildman–Crippen MR) is 72.8 cm³/mol. The minimum absolute atomic E-state index is 0.173. The second-order valence-electron chi connectivity index (χ2n) is 4.71. The van der Waals surface area contributed by atoms with Gasteiger partial charge in [0.05, 0.1) is 5.56 Å². The van der Waals surface area contributed by atoms with Crippen LogP contribution in [0, 0.1) is 0 Å². The van der Waals surface area contributed by atoms with E-state index in [1.165, 1.54) is 17.0 Å². The normalized spacial score (nSPS) is 18.7. The highest BCUT2D eigenvalue weighted by molar-refractivity contribution is 7.80. The zero-order valence-electron chi connectivity index (χ0n) is 10.9. The van der Waals surface area contributed by atoms with Crippen molar-refractivity contribution in [3.8, 4) is 0 Å². The molecule has 4 nitrogen and oxygen atoms in total. The fourth-order valence-electron chi connectivity index (χ4n) is 2.35.